The second-order valence-corrected chi connectivity index (χ2v) is 11.9. The van der Waals surface area contributed by atoms with Gasteiger partial charge in [-0.15, -0.1) is 0 Å². The summed E-state index contributed by atoms with van der Waals surface area (Å²) in [5, 5.41) is 16.8. The van der Waals surface area contributed by atoms with E-state index in [1.165, 1.54) is 24.8 Å². The van der Waals surface area contributed by atoms with Crippen molar-refractivity contribution in [3.8, 4) is 22.8 Å². The van der Waals surface area contributed by atoms with Crippen molar-refractivity contribution in [1.29, 1.82) is 0 Å². The molecule has 1 spiro atoms. The van der Waals surface area contributed by atoms with Gasteiger partial charge in [-0.05, 0) is 61.4 Å². The Balaban J connectivity index is 0.000000157. The van der Waals surface area contributed by atoms with Gasteiger partial charge in [0, 0.05) is 31.6 Å². The molecule has 7 rings (SSSR count). The number of carboxylic acid groups (broad SMARTS) is 1. The molecule has 0 amide bonds. The van der Waals surface area contributed by atoms with Crippen LogP contribution in [0.5, 0.6) is 11.5 Å². The lowest BCUT2D eigenvalue weighted by Gasteiger charge is -2.40. The van der Waals surface area contributed by atoms with E-state index in [1.54, 1.807) is 6.07 Å². The fraction of sp³-hybridized carbons (Fsp3) is 0.226. The number of benzene rings is 3. The minimum atomic E-state index is -1.02. The molecule has 204 valence electrons. The molecule has 1 saturated carbocycles. The Labute approximate surface area is 250 Å². The largest absolute Gasteiger partial charge is 0.488 e. The van der Waals surface area contributed by atoms with E-state index in [-0.39, 0.29) is 17.7 Å². The van der Waals surface area contributed by atoms with Crippen LogP contribution in [0.3, 0.4) is 0 Å². The van der Waals surface area contributed by atoms with Crippen molar-refractivity contribution in [1.82, 2.24) is 10.2 Å². The predicted octanol–water partition coefficient (Wildman–Crippen LogP) is 9.06. The number of hydrogen-bond donors (Lipinski definition) is 2. The number of ether oxygens (including phenoxy) is 2. The summed E-state index contributed by atoms with van der Waals surface area (Å²) in [5.74, 6) is 1.48. The van der Waals surface area contributed by atoms with E-state index in [1.807, 2.05) is 36.4 Å². The summed E-state index contributed by atoms with van der Waals surface area (Å²) >= 11 is 16.0. The molecule has 6 nitrogen and oxygen atoms in total. The van der Waals surface area contributed by atoms with Crippen molar-refractivity contribution >= 4 is 50.9 Å². The van der Waals surface area contributed by atoms with Gasteiger partial charge in [-0.1, -0.05) is 76.6 Å². The van der Waals surface area contributed by atoms with Crippen LogP contribution in [0.2, 0.25) is 10.0 Å². The Kier molecular flexibility index (Phi) is 7.38. The average molecular weight is 640 g/mol. The number of para-hydroxylation sites is 1. The van der Waals surface area contributed by atoms with Crippen LogP contribution in [0.15, 0.2) is 71.2 Å². The number of aromatic amines is 1. The first kappa shape index (κ1) is 26.9. The Morgan fingerprint density at radius 2 is 1.77 bits per heavy atom. The van der Waals surface area contributed by atoms with Gasteiger partial charge in [0.1, 0.15) is 29.6 Å². The lowest BCUT2D eigenvalue weighted by molar-refractivity contribution is 0.0687. The molecule has 4 aromatic rings. The number of hydrogen-bond acceptors (Lipinski definition) is 4. The Hall–Kier alpha value is -3.26. The third kappa shape index (κ3) is 5.02. The summed E-state index contributed by atoms with van der Waals surface area (Å²) in [6, 6.07) is 19.4. The van der Waals surface area contributed by atoms with Crippen molar-refractivity contribution in [3.05, 3.63) is 104 Å². The molecule has 2 aliphatic heterocycles. The minimum absolute atomic E-state index is 0.0465. The Morgan fingerprint density at radius 1 is 0.975 bits per heavy atom. The average Bonchev–Trinajstić information content (AvgIpc) is 3.39. The maximum atomic E-state index is 10.9. The second kappa shape index (κ2) is 11.0. The first-order chi connectivity index (χ1) is 19.3. The van der Waals surface area contributed by atoms with Gasteiger partial charge in [-0.25, -0.2) is 4.79 Å². The highest BCUT2D eigenvalue weighted by atomic mass is 79.9. The molecular weight excluding hydrogens is 615 g/mol. The first-order valence-electron chi connectivity index (χ1n) is 13.0. The molecule has 1 aromatic heterocycles. The fourth-order valence-corrected chi connectivity index (χ4v) is 6.57. The molecule has 0 saturated heterocycles. The number of allylic oxidation sites excluding steroid dienone is 1. The molecule has 1 fully saturated rings. The van der Waals surface area contributed by atoms with E-state index in [9.17, 15) is 4.79 Å². The topological polar surface area (TPSA) is 84.4 Å². The zero-order chi connectivity index (χ0) is 27.9. The van der Waals surface area contributed by atoms with E-state index < -0.39 is 5.97 Å². The molecular formula is C31H25BrCl2N2O4. The normalized spacial score (nSPS) is 16.2. The number of H-pyrrole nitrogens is 1. The molecule has 1 aliphatic carbocycles. The van der Waals surface area contributed by atoms with Crippen LogP contribution >= 0.6 is 39.1 Å². The van der Waals surface area contributed by atoms with Crippen LogP contribution in [0.25, 0.3) is 17.0 Å². The number of rotatable bonds is 2. The van der Waals surface area contributed by atoms with Gasteiger partial charge < -0.3 is 14.6 Å². The minimum Gasteiger partial charge on any atom is -0.488 e. The van der Waals surface area contributed by atoms with E-state index in [4.69, 9.17) is 37.8 Å². The fourth-order valence-electron chi connectivity index (χ4n) is 5.73. The smallest absolute Gasteiger partial charge is 0.354 e. The van der Waals surface area contributed by atoms with Gasteiger partial charge in [-0.3, -0.25) is 5.10 Å². The summed E-state index contributed by atoms with van der Waals surface area (Å²) in [4.78, 5) is 10.9. The highest BCUT2D eigenvalue weighted by molar-refractivity contribution is 9.10. The van der Waals surface area contributed by atoms with Crippen molar-refractivity contribution in [3.63, 3.8) is 0 Å². The molecule has 3 aromatic carbocycles. The number of carboxylic acids is 1. The van der Waals surface area contributed by atoms with Crippen LogP contribution in [0.1, 0.15) is 59.3 Å². The zero-order valence-corrected chi connectivity index (χ0v) is 24.4. The van der Waals surface area contributed by atoms with Gasteiger partial charge in [0.2, 0.25) is 0 Å². The van der Waals surface area contributed by atoms with Gasteiger partial charge in [0.25, 0.3) is 0 Å². The summed E-state index contributed by atoms with van der Waals surface area (Å²) < 4.78 is 12.8. The standard InChI is InChI=1S/C20H17BrCl2O.C11H8N2O3/c21-13-4-7-16-18(10-13)24-19(12-20(16)8-2-1-3-9-20)15-6-5-14(22)11-17(15)23;14-11(15)10-7-5-16-8-4-2-1-3-6(8)9(7)12-13-10/h4-7,10-12H,1-3,8-9H2;1-4H,5H2,(H,12,13)(H,14,15). The van der Waals surface area contributed by atoms with Gasteiger partial charge in [0.05, 0.1) is 10.6 Å². The number of nitrogens with zero attached hydrogens (tertiary/aromatic N) is 1. The van der Waals surface area contributed by atoms with E-state index in [0.29, 0.717) is 21.3 Å². The van der Waals surface area contributed by atoms with E-state index in [0.717, 1.165) is 45.7 Å². The number of nitrogens with one attached hydrogen (secondary N) is 1. The van der Waals surface area contributed by atoms with Crippen LogP contribution in [0, 0.1) is 0 Å². The first-order valence-corrected chi connectivity index (χ1v) is 14.6. The van der Waals surface area contributed by atoms with Crippen molar-refractivity contribution < 1.29 is 19.4 Å². The number of aromatic carboxylic acids is 1. The molecule has 2 N–H and O–H groups in total. The molecule has 40 heavy (non-hydrogen) atoms. The van der Waals surface area contributed by atoms with E-state index >= 15 is 0 Å². The van der Waals surface area contributed by atoms with Crippen molar-refractivity contribution in [2.24, 2.45) is 0 Å². The summed E-state index contributed by atoms with van der Waals surface area (Å²) in [5.41, 5.74) is 4.43. The molecule has 0 unspecified atom stereocenters. The third-order valence-electron chi connectivity index (χ3n) is 7.64. The molecule has 0 atom stereocenters. The highest BCUT2D eigenvalue weighted by Crippen LogP contribution is 2.50. The molecule has 9 heteroatoms. The van der Waals surface area contributed by atoms with Crippen LogP contribution in [-0.4, -0.2) is 21.3 Å². The second-order valence-electron chi connectivity index (χ2n) is 10.1. The Morgan fingerprint density at radius 3 is 2.55 bits per heavy atom. The summed E-state index contributed by atoms with van der Waals surface area (Å²) in [6.45, 7) is 0.241. The molecule has 0 radical (unpaired) electrons. The number of halogens is 3. The van der Waals surface area contributed by atoms with Gasteiger partial charge in [-0.2, -0.15) is 5.10 Å². The molecule has 3 heterocycles. The summed E-state index contributed by atoms with van der Waals surface area (Å²) in [6.07, 6.45) is 8.39. The van der Waals surface area contributed by atoms with Crippen LogP contribution in [-0.2, 0) is 12.0 Å². The number of fused-ring (bicyclic) bond motifs is 5. The lowest BCUT2D eigenvalue weighted by Crippen LogP contribution is -2.30. The number of aromatic nitrogens is 2. The van der Waals surface area contributed by atoms with Crippen LogP contribution < -0.4 is 9.47 Å². The van der Waals surface area contributed by atoms with E-state index in [2.05, 4.69) is 50.4 Å². The Bertz CT molecular complexity index is 1640. The monoisotopic (exact) mass is 638 g/mol. The third-order valence-corrected chi connectivity index (χ3v) is 8.69. The predicted molar refractivity (Wildman–Crippen MR) is 159 cm³/mol. The summed E-state index contributed by atoms with van der Waals surface area (Å²) in [7, 11) is 0. The quantitative estimate of drug-likeness (QED) is 0.229. The number of carbonyl (C=O) groups is 1. The maximum absolute atomic E-state index is 10.9. The van der Waals surface area contributed by atoms with Gasteiger partial charge >= 0.3 is 5.97 Å². The maximum Gasteiger partial charge on any atom is 0.354 e. The molecule has 0 bridgehead atoms. The SMILES string of the molecule is Clc1ccc(C2=CC3(CCCCC3)c3ccc(Br)cc3O2)c(Cl)c1.O=C(O)c1[nH]nc2c1COc1ccccc1-2. The zero-order valence-electron chi connectivity index (χ0n) is 21.3. The highest BCUT2D eigenvalue weighted by Gasteiger charge is 2.38. The van der Waals surface area contributed by atoms with Gasteiger partial charge in [0.15, 0.2) is 5.69 Å². The van der Waals surface area contributed by atoms with Crippen molar-refractivity contribution in [2.75, 3.05) is 0 Å². The van der Waals surface area contributed by atoms with Crippen molar-refractivity contribution in [2.45, 2.75) is 44.1 Å². The lowest BCUT2D eigenvalue weighted by atomic mass is 9.68. The van der Waals surface area contributed by atoms with Crippen LogP contribution in [0.4, 0.5) is 0 Å². The molecule has 3 aliphatic rings.